The predicted molar refractivity (Wildman–Crippen MR) is 132 cm³/mol. The number of pyridine rings is 1. The highest BCUT2D eigenvalue weighted by Crippen LogP contribution is 2.33. The van der Waals surface area contributed by atoms with Crippen molar-refractivity contribution in [3.8, 4) is 5.75 Å². The first kappa shape index (κ1) is 22.1. The SMILES string of the molecule is C=C(CC)C1=CCB(O)OC1CC/C(=C/c1ccc(O)c2ccccc12)c1ccccn1. The highest BCUT2D eigenvalue weighted by atomic mass is 16.5. The van der Waals surface area contributed by atoms with Gasteiger partial charge in [-0.05, 0) is 65.6 Å². The molecule has 4 rings (SSSR count). The Kier molecular flexibility index (Phi) is 6.88. The van der Waals surface area contributed by atoms with Crippen LogP contribution in [0, 0.1) is 0 Å². The van der Waals surface area contributed by atoms with Crippen molar-refractivity contribution in [1.29, 1.82) is 0 Å². The van der Waals surface area contributed by atoms with Gasteiger partial charge >= 0.3 is 7.12 Å². The number of allylic oxidation sites excluding steroid dienone is 2. The number of fused-ring (bicyclic) bond motifs is 1. The lowest BCUT2D eigenvalue weighted by molar-refractivity contribution is 0.184. The van der Waals surface area contributed by atoms with E-state index in [0.29, 0.717) is 12.7 Å². The van der Waals surface area contributed by atoms with Gasteiger partial charge in [0.1, 0.15) is 5.75 Å². The molecule has 1 aromatic heterocycles. The molecule has 2 N–H and O–H groups in total. The van der Waals surface area contributed by atoms with Crippen LogP contribution < -0.4 is 0 Å². The summed E-state index contributed by atoms with van der Waals surface area (Å²) in [6, 6.07) is 17.4. The Morgan fingerprint density at radius 1 is 1.16 bits per heavy atom. The van der Waals surface area contributed by atoms with Crippen molar-refractivity contribution in [2.24, 2.45) is 0 Å². The Labute approximate surface area is 189 Å². The first-order valence-electron chi connectivity index (χ1n) is 11.1. The van der Waals surface area contributed by atoms with E-state index in [1.165, 1.54) is 0 Å². The lowest BCUT2D eigenvalue weighted by Gasteiger charge is -2.28. The molecular formula is C27H28BNO3. The van der Waals surface area contributed by atoms with E-state index in [2.05, 4.69) is 30.6 Å². The Morgan fingerprint density at radius 2 is 1.94 bits per heavy atom. The minimum absolute atomic E-state index is 0.199. The largest absolute Gasteiger partial charge is 0.507 e. The monoisotopic (exact) mass is 425 g/mol. The molecule has 0 spiro atoms. The molecule has 1 atom stereocenters. The average Bonchev–Trinajstić information content (AvgIpc) is 2.83. The average molecular weight is 425 g/mol. The van der Waals surface area contributed by atoms with Crippen molar-refractivity contribution in [3.63, 3.8) is 0 Å². The van der Waals surface area contributed by atoms with Crippen LogP contribution >= 0.6 is 0 Å². The molecule has 1 aliphatic rings. The number of hydrogen-bond donors (Lipinski definition) is 2. The summed E-state index contributed by atoms with van der Waals surface area (Å²) in [5, 5.41) is 22.1. The van der Waals surface area contributed by atoms with Gasteiger partial charge in [0.15, 0.2) is 0 Å². The van der Waals surface area contributed by atoms with Crippen molar-refractivity contribution in [3.05, 3.63) is 95.9 Å². The van der Waals surface area contributed by atoms with Gasteiger partial charge in [-0.1, -0.05) is 61.5 Å². The number of hydrogen-bond acceptors (Lipinski definition) is 4. The third kappa shape index (κ3) is 4.85. The summed E-state index contributed by atoms with van der Waals surface area (Å²) >= 11 is 0. The standard InChI is InChI=1S/C27H28BNO3/c1-3-19(2)22-15-16-28(31)32-27(22)14-12-21(25-10-6-7-17-29-25)18-20-11-13-26(30)24-9-5-4-8-23(20)24/h4-11,13,15,17-18,27,30-31H,2-3,12,14,16H2,1H3/b21-18-. The number of rotatable bonds is 7. The molecule has 0 saturated heterocycles. The Bertz CT molecular complexity index is 1170. The Morgan fingerprint density at radius 3 is 2.69 bits per heavy atom. The number of phenols is 1. The minimum atomic E-state index is -0.781. The zero-order valence-corrected chi connectivity index (χ0v) is 18.4. The topological polar surface area (TPSA) is 62.6 Å². The molecule has 3 aromatic rings. The van der Waals surface area contributed by atoms with Crippen LogP contribution in [0.1, 0.15) is 37.4 Å². The van der Waals surface area contributed by atoms with Gasteiger partial charge in [0.25, 0.3) is 0 Å². The molecule has 0 saturated carbocycles. The van der Waals surface area contributed by atoms with E-state index < -0.39 is 7.12 Å². The van der Waals surface area contributed by atoms with Crippen LogP contribution in [0.3, 0.4) is 0 Å². The molecule has 0 aliphatic carbocycles. The van der Waals surface area contributed by atoms with Crippen molar-refractivity contribution in [1.82, 2.24) is 4.98 Å². The fraction of sp³-hybridized carbons (Fsp3) is 0.222. The number of aromatic nitrogens is 1. The van der Waals surface area contributed by atoms with E-state index in [9.17, 15) is 10.1 Å². The van der Waals surface area contributed by atoms with E-state index in [0.717, 1.165) is 51.6 Å². The van der Waals surface area contributed by atoms with E-state index in [1.807, 2.05) is 48.5 Å². The molecule has 162 valence electrons. The number of nitrogens with zero attached hydrogens (tertiary/aromatic N) is 1. The maximum Gasteiger partial charge on any atom is 0.458 e. The Hall–Kier alpha value is -3.15. The van der Waals surface area contributed by atoms with Gasteiger partial charge in [-0.15, -0.1) is 0 Å². The number of benzene rings is 2. The van der Waals surface area contributed by atoms with E-state index in [4.69, 9.17) is 4.65 Å². The predicted octanol–water partition coefficient (Wildman–Crippen LogP) is 6.03. The van der Waals surface area contributed by atoms with Crippen molar-refractivity contribution >= 4 is 29.5 Å². The summed E-state index contributed by atoms with van der Waals surface area (Å²) in [5.41, 5.74) is 5.15. The molecule has 5 heteroatoms. The van der Waals surface area contributed by atoms with Gasteiger partial charge in [-0.25, -0.2) is 0 Å². The third-order valence-corrected chi connectivity index (χ3v) is 5.98. The first-order chi connectivity index (χ1) is 15.6. The third-order valence-electron chi connectivity index (χ3n) is 5.98. The highest BCUT2D eigenvalue weighted by Gasteiger charge is 2.28. The first-order valence-corrected chi connectivity index (χ1v) is 11.1. The maximum atomic E-state index is 10.3. The van der Waals surface area contributed by atoms with E-state index in [-0.39, 0.29) is 11.9 Å². The molecule has 2 heterocycles. The lowest BCUT2D eigenvalue weighted by Crippen LogP contribution is -2.31. The summed E-state index contributed by atoms with van der Waals surface area (Å²) in [7, 11) is -0.781. The normalized spacial score (nSPS) is 16.8. The molecule has 32 heavy (non-hydrogen) atoms. The molecule has 1 unspecified atom stereocenters. The summed E-state index contributed by atoms with van der Waals surface area (Å²) < 4.78 is 5.89. The maximum absolute atomic E-state index is 10.3. The lowest BCUT2D eigenvalue weighted by atomic mass is 9.77. The van der Waals surface area contributed by atoms with Crippen LogP contribution in [0.4, 0.5) is 0 Å². The van der Waals surface area contributed by atoms with Gasteiger partial charge < -0.3 is 14.8 Å². The molecule has 1 aliphatic heterocycles. The molecule has 0 fully saturated rings. The van der Waals surface area contributed by atoms with Crippen molar-refractivity contribution < 1.29 is 14.8 Å². The van der Waals surface area contributed by atoms with Gasteiger partial charge in [-0.2, -0.15) is 0 Å². The number of aromatic hydroxyl groups is 1. The summed E-state index contributed by atoms with van der Waals surface area (Å²) in [5.74, 6) is 0.273. The van der Waals surface area contributed by atoms with E-state index >= 15 is 0 Å². The van der Waals surface area contributed by atoms with Gasteiger partial charge in [0.2, 0.25) is 0 Å². The van der Waals surface area contributed by atoms with Crippen LogP contribution in [-0.4, -0.2) is 28.3 Å². The summed E-state index contributed by atoms with van der Waals surface area (Å²) in [6.45, 7) is 6.27. The minimum Gasteiger partial charge on any atom is -0.507 e. The summed E-state index contributed by atoms with van der Waals surface area (Å²) in [4.78, 5) is 4.58. The van der Waals surface area contributed by atoms with Crippen molar-refractivity contribution in [2.45, 2.75) is 38.6 Å². The highest BCUT2D eigenvalue weighted by molar-refractivity contribution is 6.43. The fourth-order valence-electron chi connectivity index (χ4n) is 4.21. The number of phenolic OH excluding ortho intramolecular Hbond substituents is 1. The Balaban J connectivity index is 1.69. The fourth-order valence-corrected chi connectivity index (χ4v) is 4.21. The molecular weight excluding hydrogens is 397 g/mol. The van der Waals surface area contributed by atoms with Crippen LogP contribution in [0.5, 0.6) is 5.75 Å². The second kappa shape index (κ2) is 9.98. The molecule has 2 aromatic carbocycles. The second-order valence-electron chi connectivity index (χ2n) is 8.07. The second-order valence-corrected chi connectivity index (χ2v) is 8.07. The summed E-state index contributed by atoms with van der Waals surface area (Å²) in [6.07, 6.45) is 8.57. The van der Waals surface area contributed by atoms with Crippen LogP contribution in [0.25, 0.3) is 22.4 Å². The molecule has 4 nitrogen and oxygen atoms in total. The quantitative estimate of drug-likeness (QED) is 0.454. The zero-order chi connectivity index (χ0) is 22.5. The zero-order valence-electron chi connectivity index (χ0n) is 18.4. The van der Waals surface area contributed by atoms with Gasteiger partial charge in [0.05, 0.1) is 11.8 Å². The van der Waals surface area contributed by atoms with Crippen LogP contribution in [-0.2, 0) is 4.65 Å². The molecule has 0 bridgehead atoms. The van der Waals surface area contributed by atoms with Crippen LogP contribution in [0.15, 0.2) is 84.6 Å². The van der Waals surface area contributed by atoms with E-state index in [1.54, 1.807) is 12.3 Å². The van der Waals surface area contributed by atoms with Gasteiger partial charge in [-0.3, -0.25) is 4.98 Å². The van der Waals surface area contributed by atoms with Crippen LogP contribution in [0.2, 0.25) is 6.32 Å². The molecule has 0 radical (unpaired) electrons. The van der Waals surface area contributed by atoms with Crippen molar-refractivity contribution in [2.75, 3.05) is 0 Å². The molecule has 0 amide bonds. The van der Waals surface area contributed by atoms with Gasteiger partial charge in [0, 0.05) is 17.9 Å². The smallest absolute Gasteiger partial charge is 0.458 e.